The van der Waals surface area contributed by atoms with E-state index in [0.29, 0.717) is 0 Å². The molecule has 92 valence electrons. The van der Waals surface area contributed by atoms with Gasteiger partial charge < -0.3 is 0 Å². The standard InChI is InChI=1S/C15H22N2/c1-3-5-10-17-13-15-8-6-7-14(11-15)12-16-9-4-2/h6-8,11-13H,3-5,9-10H2,1-2H3. The first-order chi connectivity index (χ1) is 8.36. The van der Waals surface area contributed by atoms with Gasteiger partial charge in [-0.05, 0) is 30.0 Å². The van der Waals surface area contributed by atoms with Crippen molar-refractivity contribution in [2.45, 2.75) is 33.1 Å². The molecule has 0 saturated heterocycles. The summed E-state index contributed by atoms with van der Waals surface area (Å²) in [6.45, 7) is 6.13. The zero-order valence-electron chi connectivity index (χ0n) is 10.9. The average molecular weight is 230 g/mol. The van der Waals surface area contributed by atoms with Gasteiger partial charge in [0.15, 0.2) is 0 Å². The van der Waals surface area contributed by atoms with Gasteiger partial charge in [-0.25, -0.2) is 0 Å². The van der Waals surface area contributed by atoms with Crippen molar-refractivity contribution >= 4 is 12.4 Å². The van der Waals surface area contributed by atoms with E-state index < -0.39 is 0 Å². The molecule has 0 N–H and O–H groups in total. The van der Waals surface area contributed by atoms with Crippen LogP contribution in [0.15, 0.2) is 34.3 Å². The Bertz CT molecular complexity index is 367. The molecule has 2 heteroatoms. The molecule has 1 rings (SSSR count). The fourth-order valence-electron chi connectivity index (χ4n) is 1.44. The minimum atomic E-state index is 0.898. The molecule has 0 aromatic heterocycles. The van der Waals surface area contributed by atoms with Crippen LogP contribution >= 0.6 is 0 Å². The van der Waals surface area contributed by atoms with Crippen LogP contribution in [0.2, 0.25) is 0 Å². The number of benzene rings is 1. The Morgan fingerprint density at radius 2 is 1.59 bits per heavy atom. The predicted molar refractivity (Wildman–Crippen MR) is 76.6 cm³/mol. The smallest absolute Gasteiger partial charge is 0.0389 e. The summed E-state index contributed by atoms with van der Waals surface area (Å²) in [7, 11) is 0. The quantitative estimate of drug-likeness (QED) is 0.503. The van der Waals surface area contributed by atoms with Gasteiger partial charge in [-0.15, -0.1) is 0 Å². The molecule has 0 spiro atoms. The van der Waals surface area contributed by atoms with E-state index in [1.165, 1.54) is 6.42 Å². The highest BCUT2D eigenvalue weighted by Gasteiger charge is 1.90. The van der Waals surface area contributed by atoms with Gasteiger partial charge in [-0.3, -0.25) is 9.98 Å². The Hall–Kier alpha value is -1.44. The van der Waals surface area contributed by atoms with E-state index in [9.17, 15) is 0 Å². The fourth-order valence-corrected chi connectivity index (χ4v) is 1.44. The maximum absolute atomic E-state index is 4.40. The van der Waals surface area contributed by atoms with E-state index in [1.807, 2.05) is 12.4 Å². The van der Waals surface area contributed by atoms with Crippen LogP contribution in [-0.4, -0.2) is 25.5 Å². The summed E-state index contributed by atoms with van der Waals surface area (Å²) < 4.78 is 0. The maximum atomic E-state index is 4.40. The van der Waals surface area contributed by atoms with Crippen LogP contribution in [0.3, 0.4) is 0 Å². The van der Waals surface area contributed by atoms with Crippen LogP contribution in [0.1, 0.15) is 44.2 Å². The summed E-state index contributed by atoms with van der Waals surface area (Å²) in [5, 5.41) is 0. The minimum absolute atomic E-state index is 0.898. The van der Waals surface area contributed by atoms with Crippen LogP contribution in [0.5, 0.6) is 0 Å². The first-order valence-corrected chi connectivity index (χ1v) is 6.46. The molecule has 0 aliphatic heterocycles. The lowest BCUT2D eigenvalue weighted by Gasteiger charge is -1.96. The number of rotatable bonds is 7. The third-order valence-electron chi connectivity index (χ3n) is 2.38. The van der Waals surface area contributed by atoms with Crippen LogP contribution in [0.25, 0.3) is 0 Å². The van der Waals surface area contributed by atoms with Gasteiger partial charge in [0.1, 0.15) is 0 Å². The zero-order valence-corrected chi connectivity index (χ0v) is 10.9. The second-order valence-electron chi connectivity index (χ2n) is 4.09. The highest BCUT2D eigenvalue weighted by molar-refractivity contribution is 5.86. The van der Waals surface area contributed by atoms with Gasteiger partial charge in [-0.1, -0.05) is 38.5 Å². The molecule has 0 bridgehead atoms. The van der Waals surface area contributed by atoms with Gasteiger partial charge in [0.25, 0.3) is 0 Å². The van der Waals surface area contributed by atoms with Crippen molar-refractivity contribution in [3.05, 3.63) is 35.4 Å². The first kappa shape index (κ1) is 13.6. The van der Waals surface area contributed by atoms with Crippen molar-refractivity contribution < 1.29 is 0 Å². The van der Waals surface area contributed by atoms with Crippen molar-refractivity contribution in [3.8, 4) is 0 Å². The second kappa shape index (κ2) is 8.68. The van der Waals surface area contributed by atoms with Crippen LogP contribution in [-0.2, 0) is 0 Å². The largest absolute Gasteiger partial charge is 0.293 e. The van der Waals surface area contributed by atoms with Gasteiger partial charge in [-0.2, -0.15) is 0 Å². The Morgan fingerprint density at radius 1 is 0.941 bits per heavy atom. The van der Waals surface area contributed by atoms with Crippen LogP contribution in [0, 0.1) is 0 Å². The van der Waals surface area contributed by atoms with E-state index in [2.05, 4.69) is 48.1 Å². The zero-order chi connectivity index (χ0) is 12.3. The SMILES string of the molecule is CCCCN=Cc1cccc(C=NCCC)c1. The molecule has 0 heterocycles. The molecule has 0 fully saturated rings. The highest BCUT2D eigenvalue weighted by atomic mass is 14.7. The van der Waals surface area contributed by atoms with E-state index >= 15 is 0 Å². The molecule has 0 radical (unpaired) electrons. The summed E-state index contributed by atoms with van der Waals surface area (Å²) in [6, 6.07) is 8.32. The van der Waals surface area contributed by atoms with Gasteiger partial charge >= 0.3 is 0 Å². The summed E-state index contributed by atoms with van der Waals surface area (Å²) in [5.41, 5.74) is 2.31. The van der Waals surface area contributed by atoms with Gasteiger partial charge in [0.05, 0.1) is 0 Å². The summed E-state index contributed by atoms with van der Waals surface area (Å²) in [6.07, 6.45) is 7.34. The van der Waals surface area contributed by atoms with Crippen molar-refractivity contribution in [2.75, 3.05) is 13.1 Å². The van der Waals surface area contributed by atoms with E-state index in [1.54, 1.807) is 0 Å². The maximum Gasteiger partial charge on any atom is 0.0389 e. The molecule has 0 saturated carbocycles. The molecule has 0 unspecified atom stereocenters. The van der Waals surface area contributed by atoms with Crippen LogP contribution < -0.4 is 0 Å². The van der Waals surface area contributed by atoms with Crippen molar-refractivity contribution in [1.29, 1.82) is 0 Å². The Balaban J connectivity index is 2.56. The number of hydrogen-bond acceptors (Lipinski definition) is 2. The number of nitrogens with zero attached hydrogens (tertiary/aromatic N) is 2. The fraction of sp³-hybridized carbons (Fsp3) is 0.467. The summed E-state index contributed by atoms with van der Waals surface area (Å²) in [5.74, 6) is 0. The third kappa shape index (κ3) is 6.00. The first-order valence-electron chi connectivity index (χ1n) is 6.46. The number of unbranched alkanes of at least 4 members (excludes halogenated alkanes) is 1. The molecule has 0 aliphatic rings. The summed E-state index contributed by atoms with van der Waals surface area (Å²) in [4.78, 5) is 8.74. The van der Waals surface area contributed by atoms with E-state index in [0.717, 1.165) is 37.1 Å². The molecular formula is C15H22N2. The number of hydrogen-bond donors (Lipinski definition) is 0. The number of aliphatic imine (C=N–C) groups is 2. The third-order valence-corrected chi connectivity index (χ3v) is 2.38. The second-order valence-corrected chi connectivity index (χ2v) is 4.09. The topological polar surface area (TPSA) is 24.7 Å². The Kier molecular flexibility index (Phi) is 6.96. The van der Waals surface area contributed by atoms with Crippen molar-refractivity contribution in [2.24, 2.45) is 9.98 Å². The lowest BCUT2D eigenvalue weighted by Crippen LogP contribution is -1.88. The van der Waals surface area contributed by atoms with E-state index in [4.69, 9.17) is 0 Å². The highest BCUT2D eigenvalue weighted by Crippen LogP contribution is 2.01. The predicted octanol–water partition coefficient (Wildman–Crippen LogP) is 3.73. The Labute approximate surface area is 105 Å². The van der Waals surface area contributed by atoms with Crippen molar-refractivity contribution in [1.82, 2.24) is 0 Å². The minimum Gasteiger partial charge on any atom is -0.293 e. The normalized spacial score (nSPS) is 11.6. The average Bonchev–Trinajstić information content (AvgIpc) is 2.36. The molecule has 2 nitrogen and oxygen atoms in total. The molecule has 17 heavy (non-hydrogen) atoms. The molecule has 0 aliphatic carbocycles. The van der Waals surface area contributed by atoms with Gasteiger partial charge in [0, 0.05) is 25.5 Å². The Morgan fingerprint density at radius 3 is 2.18 bits per heavy atom. The van der Waals surface area contributed by atoms with E-state index in [-0.39, 0.29) is 0 Å². The lowest BCUT2D eigenvalue weighted by atomic mass is 10.1. The monoisotopic (exact) mass is 230 g/mol. The molecular weight excluding hydrogens is 208 g/mol. The van der Waals surface area contributed by atoms with Gasteiger partial charge in [0.2, 0.25) is 0 Å². The van der Waals surface area contributed by atoms with Crippen molar-refractivity contribution in [3.63, 3.8) is 0 Å². The molecule has 0 amide bonds. The lowest BCUT2D eigenvalue weighted by molar-refractivity contribution is 0.810. The summed E-state index contributed by atoms with van der Waals surface area (Å²) >= 11 is 0. The molecule has 1 aromatic rings. The molecule has 0 atom stereocenters. The molecule has 1 aromatic carbocycles. The van der Waals surface area contributed by atoms with Crippen LogP contribution in [0.4, 0.5) is 0 Å².